The van der Waals surface area contributed by atoms with Crippen LogP contribution in [0.25, 0.3) is 0 Å². The second-order valence-corrected chi connectivity index (χ2v) is 7.00. The lowest BCUT2D eigenvalue weighted by Crippen LogP contribution is -2.19. The van der Waals surface area contributed by atoms with Gasteiger partial charge in [-0.1, -0.05) is 5.16 Å². The SMILES string of the molecule is Cc1noc(C)c1S(=O)(=O)Nc1cc(C(F)(F)F)ccc1N(C)C. The Morgan fingerprint density at radius 3 is 2.29 bits per heavy atom. The van der Waals surface area contributed by atoms with Crippen LogP contribution in [0.1, 0.15) is 17.0 Å². The van der Waals surface area contributed by atoms with Crippen molar-refractivity contribution in [1.82, 2.24) is 5.16 Å². The molecule has 0 bridgehead atoms. The summed E-state index contributed by atoms with van der Waals surface area (Å²) in [4.78, 5) is 1.32. The lowest BCUT2D eigenvalue weighted by molar-refractivity contribution is -0.137. The number of benzene rings is 1. The van der Waals surface area contributed by atoms with Gasteiger partial charge >= 0.3 is 6.18 Å². The van der Waals surface area contributed by atoms with Crippen LogP contribution in [-0.2, 0) is 16.2 Å². The van der Waals surface area contributed by atoms with Crippen LogP contribution in [0.2, 0.25) is 0 Å². The van der Waals surface area contributed by atoms with Crippen molar-refractivity contribution in [2.24, 2.45) is 0 Å². The van der Waals surface area contributed by atoms with E-state index in [-0.39, 0.29) is 22.0 Å². The zero-order chi connectivity index (χ0) is 18.3. The summed E-state index contributed by atoms with van der Waals surface area (Å²) in [7, 11) is -0.963. The van der Waals surface area contributed by atoms with Gasteiger partial charge in [-0.05, 0) is 32.0 Å². The van der Waals surface area contributed by atoms with Gasteiger partial charge in [0.1, 0.15) is 5.69 Å². The third kappa shape index (κ3) is 3.48. The summed E-state index contributed by atoms with van der Waals surface area (Å²) in [5.74, 6) is 0.0541. The van der Waals surface area contributed by atoms with Gasteiger partial charge in [-0.15, -0.1) is 0 Å². The van der Waals surface area contributed by atoms with E-state index in [2.05, 4.69) is 9.88 Å². The monoisotopic (exact) mass is 363 g/mol. The van der Waals surface area contributed by atoms with Crippen LogP contribution in [0.5, 0.6) is 0 Å². The minimum atomic E-state index is -4.59. The van der Waals surface area contributed by atoms with E-state index in [0.717, 1.165) is 12.1 Å². The predicted molar refractivity (Wildman–Crippen MR) is 82.6 cm³/mol. The molecule has 1 N–H and O–H groups in total. The molecular weight excluding hydrogens is 347 g/mol. The molecule has 2 aromatic rings. The number of anilines is 2. The van der Waals surface area contributed by atoms with E-state index in [1.807, 2.05) is 0 Å². The van der Waals surface area contributed by atoms with Crippen molar-refractivity contribution in [3.8, 4) is 0 Å². The highest BCUT2D eigenvalue weighted by molar-refractivity contribution is 7.92. The summed E-state index contributed by atoms with van der Waals surface area (Å²) in [6, 6.07) is 2.85. The predicted octanol–water partition coefficient (Wildman–Crippen LogP) is 3.18. The minimum Gasteiger partial charge on any atom is -0.376 e. The number of alkyl halides is 3. The highest BCUT2D eigenvalue weighted by Gasteiger charge is 2.32. The van der Waals surface area contributed by atoms with Crippen molar-refractivity contribution in [1.29, 1.82) is 0 Å². The summed E-state index contributed by atoms with van der Waals surface area (Å²) in [6.45, 7) is 2.84. The molecule has 0 unspecified atom stereocenters. The molecule has 0 aliphatic carbocycles. The lowest BCUT2D eigenvalue weighted by atomic mass is 10.1. The molecule has 0 radical (unpaired) electrons. The smallest absolute Gasteiger partial charge is 0.376 e. The normalized spacial score (nSPS) is 12.3. The number of aryl methyl sites for hydroxylation is 2. The van der Waals surface area contributed by atoms with Crippen LogP contribution in [-0.4, -0.2) is 27.7 Å². The van der Waals surface area contributed by atoms with Gasteiger partial charge in [-0.2, -0.15) is 13.2 Å². The summed E-state index contributed by atoms with van der Waals surface area (Å²) < 4.78 is 70.8. The van der Waals surface area contributed by atoms with Crippen LogP contribution >= 0.6 is 0 Å². The number of nitrogens with one attached hydrogen (secondary N) is 1. The Kier molecular flexibility index (Phi) is 4.53. The molecule has 0 aliphatic rings. The Morgan fingerprint density at radius 1 is 1.21 bits per heavy atom. The van der Waals surface area contributed by atoms with E-state index >= 15 is 0 Å². The second kappa shape index (κ2) is 6.00. The fraction of sp³-hybridized carbons (Fsp3) is 0.357. The van der Waals surface area contributed by atoms with Crippen LogP contribution in [0.3, 0.4) is 0 Å². The minimum absolute atomic E-state index is 0.0541. The summed E-state index contributed by atoms with van der Waals surface area (Å²) in [6.07, 6.45) is -4.59. The molecule has 1 heterocycles. The number of rotatable bonds is 4. The second-order valence-electron chi connectivity index (χ2n) is 5.38. The van der Waals surface area contributed by atoms with Gasteiger partial charge in [0.2, 0.25) is 0 Å². The Bertz CT molecular complexity index is 838. The van der Waals surface area contributed by atoms with Crippen LogP contribution in [0, 0.1) is 13.8 Å². The van der Waals surface area contributed by atoms with E-state index < -0.39 is 21.8 Å². The van der Waals surface area contributed by atoms with Crippen molar-refractivity contribution in [2.75, 3.05) is 23.7 Å². The molecule has 0 saturated carbocycles. The lowest BCUT2D eigenvalue weighted by Gasteiger charge is -2.20. The molecule has 0 fully saturated rings. The Morgan fingerprint density at radius 2 is 1.83 bits per heavy atom. The Hall–Kier alpha value is -2.23. The summed E-state index contributed by atoms with van der Waals surface area (Å²) >= 11 is 0. The first kappa shape index (κ1) is 18.1. The third-order valence-electron chi connectivity index (χ3n) is 3.29. The fourth-order valence-corrected chi connectivity index (χ4v) is 3.64. The summed E-state index contributed by atoms with van der Waals surface area (Å²) in [5.41, 5.74) is -0.726. The molecule has 1 aromatic heterocycles. The van der Waals surface area contributed by atoms with E-state index in [1.165, 1.54) is 24.8 Å². The number of nitrogens with zero attached hydrogens (tertiary/aromatic N) is 2. The largest absolute Gasteiger partial charge is 0.416 e. The molecule has 0 atom stereocenters. The van der Waals surface area contributed by atoms with Gasteiger partial charge in [-0.3, -0.25) is 4.72 Å². The van der Waals surface area contributed by atoms with Gasteiger partial charge in [-0.25, -0.2) is 8.42 Å². The first-order chi connectivity index (χ1) is 10.9. The third-order valence-corrected chi connectivity index (χ3v) is 4.90. The number of hydrogen-bond acceptors (Lipinski definition) is 5. The number of hydrogen-bond donors (Lipinski definition) is 1. The molecule has 132 valence electrons. The van der Waals surface area contributed by atoms with Crippen LogP contribution in [0.4, 0.5) is 24.5 Å². The van der Waals surface area contributed by atoms with Crippen LogP contribution < -0.4 is 9.62 Å². The highest BCUT2D eigenvalue weighted by atomic mass is 32.2. The maximum Gasteiger partial charge on any atom is 0.416 e. The quantitative estimate of drug-likeness (QED) is 0.903. The zero-order valence-corrected chi connectivity index (χ0v) is 14.2. The van der Waals surface area contributed by atoms with Gasteiger partial charge < -0.3 is 9.42 Å². The van der Waals surface area contributed by atoms with Crippen molar-refractivity contribution >= 4 is 21.4 Å². The molecule has 10 heteroatoms. The number of aromatic nitrogens is 1. The Balaban J connectivity index is 2.55. The van der Waals surface area contributed by atoms with Gasteiger partial charge in [0, 0.05) is 14.1 Å². The van der Waals surface area contributed by atoms with Gasteiger partial charge in [0.25, 0.3) is 10.0 Å². The maximum atomic E-state index is 12.9. The standard InChI is InChI=1S/C14H16F3N3O3S/c1-8-13(9(2)23-18-8)24(21,22)19-11-7-10(14(15,16)17)5-6-12(11)20(3)4/h5-7,19H,1-4H3. The van der Waals surface area contributed by atoms with Crippen molar-refractivity contribution < 1.29 is 26.1 Å². The van der Waals surface area contributed by atoms with E-state index in [0.29, 0.717) is 5.69 Å². The Labute approximate surface area is 137 Å². The number of sulfonamides is 1. The first-order valence-corrected chi connectivity index (χ1v) is 8.26. The van der Waals surface area contributed by atoms with Gasteiger partial charge in [0.15, 0.2) is 10.7 Å². The average Bonchev–Trinajstić information content (AvgIpc) is 2.76. The van der Waals surface area contributed by atoms with Crippen molar-refractivity contribution in [3.63, 3.8) is 0 Å². The van der Waals surface area contributed by atoms with Crippen molar-refractivity contribution in [3.05, 3.63) is 35.2 Å². The average molecular weight is 363 g/mol. The molecule has 0 spiro atoms. The highest BCUT2D eigenvalue weighted by Crippen LogP contribution is 2.36. The molecule has 6 nitrogen and oxygen atoms in total. The van der Waals surface area contributed by atoms with E-state index in [4.69, 9.17) is 4.52 Å². The first-order valence-electron chi connectivity index (χ1n) is 6.77. The molecule has 0 saturated heterocycles. The molecular formula is C14H16F3N3O3S. The fourth-order valence-electron chi connectivity index (χ4n) is 2.24. The van der Waals surface area contributed by atoms with E-state index in [9.17, 15) is 21.6 Å². The van der Waals surface area contributed by atoms with Crippen molar-refractivity contribution in [2.45, 2.75) is 24.9 Å². The molecule has 0 amide bonds. The molecule has 0 aliphatic heterocycles. The zero-order valence-electron chi connectivity index (χ0n) is 13.4. The maximum absolute atomic E-state index is 12.9. The molecule has 1 aromatic carbocycles. The summed E-state index contributed by atoms with van der Waals surface area (Å²) in [5, 5.41) is 3.55. The molecule has 24 heavy (non-hydrogen) atoms. The van der Waals surface area contributed by atoms with Crippen LogP contribution in [0.15, 0.2) is 27.6 Å². The molecule has 2 rings (SSSR count). The van der Waals surface area contributed by atoms with E-state index in [1.54, 1.807) is 14.1 Å². The van der Waals surface area contributed by atoms with Gasteiger partial charge in [0.05, 0.1) is 16.9 Å². The topological polar surface area (TPSA) is 75.4 Å². The number of halogens is 3.